The summed E-state index contributed by atoms with van der Waals surface area (Å²) in [5, 5.41) is 29.0. The van der Waals surface area contributed by atoms with E-state index in [2.05, 4.69) is 26.3 Å². The van der Waals surface area contributed by atoms with Gasteiger partial charge in [-0.25, -0.2) is 4.79 Å². The van der Waals surface area contributed by atoms with Gasteiger partial charge in [-0.15, -0.1) is 0 Å². The molecule has 0 aliphatic rings. The molecular formula is C31H50N8O8. The van der Waals surface area contributed by atoms with E-state index in [1.165, 1.54) is 0 Å². The molecule has 12 N–H and O–H groups in total. The van der Waals surface area contributed by atoms with Crippen LogP contribution in [0.2, 0.25) is 0 Å². The minimum atomic E-state index is -1.42. The molecule has 16 nitrogen and oxygen atoms in total. The Labute approximate surface area is 274 Å². The third-order valence-corrected chi connectivity index (χ3v) is 7.52. The summed E-state index contributed by atoms with van der Waals surface area (Å²) in [7, 11) is 0. The normalized spacial score (nSPS) is 14.8. The standard InChI is InChI=1S/C31H50N8O8/c1-5-18(4)25(39-26(42)20(32)16-19-10-7-6-8-11-19)29(45)37-22(13-14-23(40)41)27(43)36-21(12-9-15-35-31(33)34)28(44)38-24(17(2)3)30(46)47/h6-8,10-11,17-18,20-22,24-25H,5,9,12-16,32H2,1-4H3,(H,36,43)(H,37,45)(H,38,44)(H,39,42)(H,40,41)(H,46,47)(H4,33,34,35)/t18-,20-,21-,22-,24-,25-/m0/s1. The molecule has 6 atom stereocenters. The first-order valence-electron chi connectivity index (χ1n) is 15.6. The second-order valence-corrected chi connectivity index (χ2v) is 11.7. The van der Waals surface area contributed by atoms with Crippen LogP contribution in [0.1, 0.15) is 65.4 Å². The molecule has 16 heteroatoms. The Hall–Kier alpha value is -4.73. The van der Waals surface area contributed by atoms with E-state index in [0.29, 0.717) is 6.42 Å². The first kappa shape index (κ1) is 40.3. The summed E-state index contributed by atoms with van der Waals surface area (Å²) in [6.45, 7) is 6.84. The van der Waals surface area contributed by atoms with Gasteiger partial charge in [-0.2, -0.15) is 0 Å². The Balaban J connectivity index is 3.21. The van der Waals surface area contributed by atoms with Crippen molar-refractivity contribution in [1.82, 2.24) is 21.3 Å². The highest BCUT2D eigenvalue weighted by Gasteiger charge is 2.34. The zero-order valence-electron chi connectivity index (χ0n) is 27.4. The molecule has 1 aromatic carbocycles. The van der Waals surface area contributed by atoms with E-state index in [9.17, 15) is 39.0 Å². The van der Waals surface area contributed by atoms with Gasteiger partial charge >= 0.3 is 11.9 Å². The lowest BCUT2D eigenvalue weighted by molar-refractivity contribution is -0.143. The van der Waals surface area contributed by atoms with Gasteiger partial charge in [0.1, 0.15) is 24.2 Å². The topological polar surface area (TPSA) is 281 Å². The number of benzene rings is 1. The fourth-order valence-corrected chi connectivity index (χ4v) is 4.53. The Kier molecular flexibility index (Phi) is 17.5. The van der Waals surface area contributed by atoms with Crippen LogP contribution in [0.5, 0.6) is 0 Å². The molecule has 0 bridgehead atoms. The molecule has 0 saturated heterocycles. The molecule has 1 aromatic rings. The Morgan fingerprint density at radius 2 is 1.34 bits per heavy atom. The van der Waals surface area contributed by atoms with Crippen molar-refractivity contribution in [3.8, 4) is 0 Å². The highest BCUT2D eigenvalue weighted by atomic mass is 16.4. The van der Waals surface area contributed by atoms with Crippen molar-refractivity contribution in [2.24, 2.45) is 34.0 Å². The molecule has 1 rings (SSSR count). The summed E-state index contributed by atoms with van der Waals surface area (Å²) < 4.78 is 0. The zero-order chi connectivity index (χ0) is 35.7. The predicted octanol–water partition coefficient (Wildman–Crippen LogP) is -0.799. The predicted molar refractivity (Wildman–Crippen MR) is 175 cm³/mol. The van der Waals surface area contributed by atoms with Crippen LogP contribution in [0.3, 0.4) is 0 Å². The maximum absolute atomic E-state index is 13.5. The third-order valence-electron chi connectivity index (χ3n) is 7.52. The molecule has 4 amide bonds. The maximum atomic E-state index is 13.5. The van der Waals surface area contributed by atoms with Crippen molar-refractivity contribution >= 4 is 41.5 Å². The van der Waals surface area contributed by atoms with Gasteiger partial charge in [0.2, 0.25) is 23.6 Å². The van der Waals surface area contributed by atoms with Crippen LogP contribution in [0.25, 0.3) is 0 Å². The van der Waals surface area contributed by atoms with Gasteiger partial charge in [0, 0.05) is 13.0 Å². The number of carboxylic acid groups (broad SMARTS) is 2. The molecule has 0 saturated carbocycles. The summed E-state index contributed by atoms with van der Waals surface area (Å²) in [5.74, 6) is -6.58. The fraction of sp³-hybridized carbons (Fsp3) is 0.581. The average molecular weight is 663 g/mol. The zero-order valence-corrected chi connectivity index (χ0v) is 27.4. The minimum absolute atomic E-state index is 0.0107. The highest BCUT2D eigenvalue weighted by molar-refractivity contribution is 5.95. The number of aliphatic carboxylic acids is 2. The molecule has 262 valence electrons. The van der Waals surface area contributed by atoms with Crippen LogP contribution < -0.4 is 38.5 Å². The van der Waals surface area contributed by atoms with Crippen LogP contribution in [0.4, 0.5) is 0 Å². The Morgan fingerprint density at radius 1 is 0.787 bits per heavy atom. The molecule has 0 aliphatic carbocycles. The van der Waals surface area contributed by atoms with Gasteiger partial charge in [-0.05, 0) is 43.1 Å². The number of carbonyl (C=O) groups excluding carboxylic acids is 4. The molecule has 0 aliphatic heterocycles. The number of amides is 4. The maximum Gasteiger partial charge on any atom is 0.326 e. The second kappa shape index (κ2) is 20.4. The number of nitrogens with zero attached hydrogens (tertiary/aromatic N) is 1. The third kappa shape index (κ3) is 14.9. The largest absolute Gasteiger partial charge is 0.481 e. The van der Waals surface area contributed by atoms with Crippen molar-refractivity contribution in [2.75, 3.05) is 6.54 Å². The van der Waals surface area contributed by atoms with Crippen molar-refractivity contribution in [2.45, 2.75) is 96.4 Å². The SMILES string of the molecule is CC[C@H](C)[C@H](NC(=O)[C@@H](N)Cc1ccccc1)C(=O)N[C@@H](CCC(=O)O)C(=O)N[C@@H](CCCN=C(N)N)C(=O)N[C@H](C(=O)O)C(C)C. The lowest BCUT2D eigenvalue weighted by Crippen LogP contribution is -2.60. The van der Waals surface area contributed by atoms with Gasteiger partial charge in [-0.1, -0.05) is 64.4 Å². The number of rotatable bonds is 21. The molecule has 0 spiro atoms. The van der Waals surface area contributed by atoms with E-state index in [1.807, 2.05) is 37.3 Å². The van der Waals surface area contributed by atoms with E-state index in [0.717, 1.165) is 5.56 Å². The quantitative estimate of drug-likeness (QED) is 0.0446. The molecular weight excluding hydrogens is 612 g/mol. The molecule has 0 unspecified atom stereocenters. The number of carboxylic acids is 2. The number of nitrogens with one attached hydrogen (secondary N) is 4. The van der Waals surface area contributed by atoms with Crippen LogP contribution >= 0.6 is 0 Å². The Morgan fingerprint density at radius 3 is 1.87 bits per heavy atom. The summed E-state index contributed by atoms with van der Waals surface area (Å²) in [5.41, 5.74) is 17.7. The summed E-state index contributed by atoms with van der Waals surface area (Å²) in [4.78, 5) is 80.2. The van der Waals surface area contributed by atoms with E-state index in [1.54, 1.807) is 20.8 Å². The van der Waals surface area contributed by atoms with Crippen LogP contribution in [0, 0.1) is 11.8 Å². The van der Waals surface area contributed by atoms with Gasteiger partial charge in [0.05, 0.1) is 6.04 Å². The van der Waals surface area contributed by atoms with Crippen LogP contribution in [-0.2, 0) is 35.2 Å². The second-order valence-electron chi connectivity index (χ2n) is 11.7. The van der Waals surface area contributed by atoms with E-state index in [4.69, 9.17) is 17.2 Å². The minimum Gasteiger partial charge on any atom is -0.481 e. The number of carbonyl (C=O) groups is 6. The lowest BCUT2D eigenvalue weighted by atomic mass is 9.96. The van der Waals surface area contributed by atoms with Gasteiger partial charge in [-0.3, -0.25) is 29.0 Å². The van der Waals surface area contributed by atoms with E-state index < -0.39 is 84.0 Å². The summed E-state index contributed by atoms with van der Waals surface area (Å²) in [6, 6.07) is 3.04. The number of hydrogen-bond donors (Lipinski definition) is 9. The molecule has 0 heterocycles. The number of nitrogens with two attached hydrogens (primary N) is 3. The molecule has 0 aromatic heterocycles. The van der Waals surface area contributed by atoms with Crippen molar-refractivity contribution in [1.29, 1.82) is 0 Å². The number of aliphatic imine (C=N–C) groups is 1. The molecule has 0 radical (unpaired) electrons. The molecule has 47 heavy (non-hydrogen) atoms. The van der Waals surface area contributed by atoms with Crippen molar-refractivity contribution in [3.63, 3.8) is 0 Å². The van der Waals surface area contributed by atoms with Crippen molar-refractivity contribution < 1.29 is 39.0 Å². The van der Waals surface area contributed by atoms with Crippen molar-refractivity contribution in [3.05, 3.63) is 35.9 Å². The van der Waals surface area contributed by atoms with Gasteiger partial charge in [0.25, 0.3) is 0 Å². The number of guanidine groups is 1. The van der Waals surface area contributed by atoms with Crippen LogP contribution in [-0.4, -0.2) is 88.5 Å². The van der Waals surface area contributed by atoms with Gasteiger partial charge < -0.3 is 48.7 Å². The Bertz CT molecular complexity index is 1240. The monoisotopic (exact) mass is 662 g/mol. The average Bonchev–Trinajstić information content (AvgIpc) is 3.00. The lowest BCUT2D eigenvalue weighted by Gasteiger charge is -2.28. The van der Waals surface area contributed by atoms with Crippen LogP contribution in [0.15, 0.2) is 35.3 Å². The van der Waals surface area contributed by atoms with Gasteiger partial charge in [0.15, 0.2) is 5.96 Å². The summed E-state index contributed by atoms with van der Waals surface area (Å²) in [6.07, 6.45) is 0.0504. The fourth-order valence-electron chi connectivity index (χ4n) is 4.53. The highest BCUT2D eigenvalue weighted by Crippen LogP contribution is 2.12. The molecule has 0 fully saturated rings. The van der Waals surface area contributed by atoms with E-state index >= 15 is 0 Å². The number of hydrogen-bond acceptors (Lipinski definition) is 8. The van der Waals surface area contributed by atoms with E-state index in [-0.39, 0.29) is 38.2 Å². The summed E-state index contributed by atoms with van der Waals surface area (Å²) >= 11 is 0. The first-order chi connectivity index (χ1) is 22.1. The smallest absolute Gasteiger partial charge is 0.326 e. The first-order valence-corrected chi connectivity index (χ1v) is 15.6.